The minimum absolute atomic E-state index is 0.0914. The molecule has 0 bridgehead atoms. The van der Waals surface area contributed by atoms with Gasteiger partial charge in [0.1, 0.15) is 0 Å². The molecule has 0 aliphatic rings. The molecule has 2 aromatic carbocycles. The molecule has 2 heterocycles. The van der Waals surface area contributed by atoms with Crippen LogP contribution < -0.4 is 5.32 Å². The summed E-state index contributed by atoms with van der Waals surface area (Å²) in [5.41, 5.74) is 2.75. The van der Waals surface area contributed by atoms with Crippen molar-refractivity contribution in [3.8, 4) is 11.3 Å². The number of thioether (sulfide) groups is 1. The molecule has 0 fully saturated rings. The molecule has 0 aliphatic carbocycles. The smallest absolute Gasteiger partial charge is 0.236 e. The van der Waals surface area contributed by atoms with E-state index in [2.05, 4.69) is 15.3 Å². The number of halogens is 1. The van der Waals surface area contributed by atoms with Crippen molar-refractivity contribution in [1.29, 1.82) is 0 Å². The maximum atomic E-state index is 12.2. The number of nitrogens with zero attached hydrogens (tertiary/aromatic N) is 2. The Bertz CT molecular complexity index is 1030. The minimum Gasteiger partial charge on any atom is -0.301 e. The number of nitrogens with one attached hydrogen (secondary N) is 1. The van der Waals surface area contributed by atoms with Crippen LogP contribution in [0, 0.1) is 0 Å². The second-order valence-corrected chi connectivity index (χ2v) is 8.88. The van der Waals surface area contributed by atoms with Crippen LogP contribution in [0.5, 0.6) is 0 Å². The summed E-state index contributed by atoms with van der Waals surface area (Å²) in [6.07, 6.45) is 0. The first kappa shape index (κ1) is 17.5. The predicted molar refractivity (Wildman–Crippen MR) is 112 cm³/mol. The van der Waals surface area contributed by atoms with E-state index >= 15 is 0 Å². The van der Waals surface area contributed by atoms with Crippen molar-refractivity contribution in [3.63, 3.8) is 0 Å². The van der Waals surface area contributed by atoms with Crippen LogP contribution in [0.3, 0.4) is 0 Å². The third kappa shape index (κ3) is 4.07. The van der Waals surface area contributed by atoms with Crippen molar-refractivity contribution in [2.75, 3.05) is 11.1 Å². The SMILES string of the molecule is O=C(CSc1nc2ccccc2s1)Nc1nc(-c2ccc(Cl)cc2)cs1. The molecule has 0 radical (unpaired) electrons. The molecule has 1 amide bonds. The molecule has 0 unspecified atom stereocenters. The third-order valence-corrected chi connectivity index (χ3v) is 6.68. The summed E-state index contributed by atoms with van der Waals surface area (Å²) >= 11 is 10.3. The molecule has 0 saturated carbocycles. The Balaban J connectivity index is 1.36. The molecule has 0 atom stereocenters. The summed E-state index contributed by atoms with van der Waals surface area (Å²) in [5.74, 6) is 0.210. The highest BCUT2D eigenvalue weighted by atomic mass is 35.5. The Labute approximate surface area is 167 Å². The van der Waals surface area contributed by atoms with Crippen LogP contribution in [0.2, 0.25) is 5.02 Å². The Morgan fingerprint density at radius 1 is 1.12 bits per heavy atom. The average Bonchev–Trinajstić information content (AvgIpc) is 3.27. The number of thiazole rings is 2. The summed E-state index contributed by atoms with van der Waals surface area (Å²) in [5, 5.41) is 6.03. The van der Waals surface area contributed by atoms with E-state index in [-0.39, 0.29) is 5.91 Å². The van der Waals surface area contributed by atoms with Crippen molar-refractivity contribution < 1.29 is 4.79 Å². The maximum absolute atomic E-state index is 12.2. The molecular weight excluding hydrogens is 406 g/mol. The monoisotopic (exact) mass is 417 g/mol. The predicted octanol–water partition coefficient (Wildman–Crippen LogP) is 5.80. The van der Waals surface area contributed by atoms with Crippen LogP contribution in [0.4, 0.5) is 5.13 Å². The van der Waals surface area contributed by atoms with E-state index in [1.807, 2.05) is 53.9 Å². The number of hydrogen-bond donors (Lipinski definition) is 1. The summed E-state index contributed by atoms with van der Waals surface area (Å²) in [4.78, 5) is 21.2. The zero-order valence-corrected chi connectivity index (χ0v) is 16.5. The molecular formula is C18H12ClN3OS3. The number of rotatable bonds is 5. The van der Waals surface area contributed by atoms with Crippen LogP contribution in [0.25, 0.3) is 21.5 Å². The summed E-state index contributed by atoms with van der Waals surface area (Å²) in [7, 11) is 0. The van der Waals surface area contributed by atoms with Gasteiger partial charge in [0.15, 0.2) is 9.47 Å². The molecule has 0 spiro atoms. The van der Waals surface area contributed by atoms with Gasteiger partial charge in [0.2, 0.25) is 5.91 Å². The van der Waals surface area contributed by atoms with Gasteiger partial charge in [-0.3, -0.25) is 4.79 Å². The van der Waals surface area contributed by atoms with Gasteiger partial charge in [0.25, 0.3) is 0 Å². The summed E-state index contributed by atoms with van der Waals surface area (Å²) in [6, 6.07) is 15.4. The second kappa shape index (κ2) is 7.75. The van der Waals surface area contributed by atoms with Gasteiger partial charge < -0.3 is 5.32 Å². The van der Waals surface area contributed by atoms with E-state index in [0.29, 0.717) is 15.9 Å². The van der Waals surface area contributed by atoms with Crippen molar-refractivity contribution in [3.05, 3.63) is 58.9 Å². The Morgan fingerprint density at radius 3 is 2.73 bits per heavy atom. The summed E-state index contributed by atoms with van der Waals surface area (Å²) < 4.78 is 2.02. The standard InChI is InChI=1S/C18H12ClN3OS3/c19-12-7-5-11(6-8-12)14-9-24-17(20-14)22-16(23)10-25-18-21-13-3-1-2-4-15(13)26-18/h1-9H,10H2,(H,20,22,23). The maximum Gasteiger partial charge on any atom is 0.236 e. The van der Waals surface area contributed by atoms with Gasteiger partial charge in [-0.05, 0) is 24.3 Å². The Morgan fingerprint density at radius 2 is 1.92 bits per heavy atom. The van der Waals surface area contributed by atoms with Crippen molar-refractivity contribution >= 4 is 67.3 Å². The number of amides is 1. The zero-order chi connectivity index (χ0) is 17.9. The largest absolute Gasteiger partial charge is 0.301 e. The number of carbonyl (C=O) groups is 1. The lowest BCUT2D eigenvalue weighted by molar-refractivity contribution is -0.113. The molecule has 130 valence electrons. The minimum atomic E-state index is -0.0914. The fourth-order valence-electron chi connectivity index (χ4n) is 2.28. The molecule has 26 heavy (non-hydrogen) atoms. The van der Waals surface area contributed by atoms with Gasteiger partial charge in [-0.25, -0.2) is 9.97 Å². The van der Waals surface area contributed by atoms with Crippen LogP contribution in [0.1, 0.15) is 0 Å². The van der Waals surface area contributed by atoms with Crippen molar-refractivity contribution in [2.24, 2.45) is 0 Å². The third-order valence-electron chi connectivity index (χ3n) is 3.49. The molecule has 0 aliphatic heterocycles. The molecule has 2 aromatic heterocycles. The fourth-order valence-corrected chi connectivity index (χ4v) is 5.01. The molecule has 4 aromatic rings. The number of benzene rings is 2. The molecule has 8 heteroatoms. The van der Waals surface area contributed by atoms with Crippen molar-refractivity contribution in [1.82, 2.24) is 9.97 Å². The van der Waals surface area contributed by atoms with Crippen LogP contribution >= 0.6 is 46.0 Å². The van der Waals surface area contributed by atoms with E-state index in [0.717, 1.165) is 25.8 Å². The number of anilines is 1. The zero-order valence-electron chi connectivity index (χ0n) is 13.3. The van der Waals surface area contributed by atoms with E-state index in [1.54, 1.807) is 11.3 Å². The lowest BCUT2D eigenvalue weighted by atomic mass is 10.2. The normalized spacial score (nSPS) is 11.0. The highest BCUT2D eigenvalue weighted by Gasteiger charge is 2.10. The highest BCUT2D eigenvalue weighted by Crippen LogP contribution is 2.30. The van der Waals surface area contributed by atoms with E-state index in [1.165, 1.54) is 23.1 Å². The van der Waals surface area contributed by atoms with Crippen molar-refractivity contribution in [2.45, 2.75) is 4.34 Å². The molecule has 4 nitrogen and oxygen atoms in total. The van der Waals surface area contributed by atoms with Gasteiger partial charge >= 0.3 is 0 Å². The molecule has 4 rings (SSSR count). The first-order valence-electron chi connectivity index (χ1n) is 7.67. The highest BCUT2D eigenvalue weighted by molar-refractivity contribution is 8.01. The number of aromatic nitrogens is 2. The van der Waals surface area contributed by atoms with Crippen LogP contribution in [-0.4, -0.2) is 21.6 Å². The Kier molecular flexibility index (Phi) is 5.21. The number of carbonyl (C=O) groups excluding carboxylic acids is 1. The Hall–Kier alpha value is -1.93. The molecule has 1 N–H and O–H groups in total. The second-order valence-electron chi connectivity index (χ2n) is 5.33. The van der Waals surface area contributed by atoms with Gasteiger partial charge in [-0.2, -0.15) is 0 Å². The van der Waals surface area contributed by atoms with E-state index in [9.17, 15) is 4.79 Å². The summed E-state index contributed by atoms with van der Waals surface area (Å²) in [6.45, 7) is 0. The number of fused-ring (bicyclic) bond motifs is 1. The average molecular weight is 418 g/mol. The first-order valence-corrected chi connectivity index (χ1v) is 10.7. The quantitative estimate of drug-likeness (QED) is 0.416. The van der Waals surface area contributed by atoms with Crippen LogP contribution in [0.15, 0.2) is 58.3 Å². The first-order chi connectivity index (χ1) is 12.7. The van der Waals surface area contributed by atoms with Crippen LogP contribution in [-0.2, 0) is 4.79 Å². The lowest BCUT2D eigenvalue weighted by Crippen LogP contribution is -2.13. The van der Waals surface area contributed by atoms with E-state index in [4.69, 9.17) is 11.6 Å². The van der Waals surface area contributed by atoms with E-state index < -0.39 is 0 Å². The van der Waals surface area contributed by atoms with Gasteiger partial charge in [-0.15, -0.1) is 22.7 Å². The lowest BCUT2D eigenvalue weighted by Gasteiger charge is -2.00. The van der Waals surface area contributed by atoms with Gasteiger partial charge in [0, 0.05) is 16.0 Å². The van der Waals surface area contributed by atoms with Gasteiger partial charge in [-0.1, -0.05) is 47.6 Å². The number of para-hydroxylation sites is 1. The topological polar surface area (TPSA) is 54.9 Å². The molecule has 0 saturated heterocycles. The van der Waals surface area contributed by atoms with Gasteiger partial charge in [0.05, 0.1) is 21.7 Å². The number of hydrogen-bond acceptors (Lipinski definition) is 6. The fraction of sp³-hybridized carbons (Fsp3) is 0.0556.